The molecule has 1 aromatic heterocycles. The molecule has 0 aliphatic carbocycles. The van der Waals surface area contributed by atoms with Gasteiger partial charge in [0.2, 0.25) is 5.82 Å². The number of aryl methyl sites for hydroxylation is 1. The highest BCUT2D eigenvalue weighted by atomic mass is 16.6. The Kier molecular flexibility index (Phi) is 3.73. The zero-order valence-corrected chi connectivity index (χ0v) is 10.6. The molecule has 0 unspecified atom stereocenters. The van der Waals surface area contributed by atoms with Gasteiger partial charge in [-0.15, -0.1) is 0 Å². The number of likely N-dealkylation sites (N-methyl/N-ethyl adjacent to an activating group) is 1. The van der Waals surface area contributed by atoms with Crippen LogP contribution in [0.25, 0.3) is 0 Å². The van der Waals surface area contributed by atoms with Crippen molar-refractivity contribution in [3.8, 4) is 0 Å². The van der Waals surface area contributed by atoms with Gasteiger partial charge in [-0.05, 0) is 20.0 Å². The Hall–Kier alpha value is -1.73. The van der Waals surface area contributed by atoms with E-state index in [1.54, 1.807) is 19.2 Å². The van der Waals surface area contributed by atoms with E-state index in [1.807, 2.05) is 5.01 Å². The second kappa shape index (κ2) is 5.28. The number of aromatic nitrogens is 1. The lowest BCUT2D eigenvalue weighted by Gasteiger charge is -2.32. The van der Waals surface area contributed by atoms with Crippen LogP contribution in [0.2, 0.25) is 0 Å². The van der Waals surface area contributed by atoms with Crippen molar-refractivity contribution < 1.29 is 4.92 Å². The van der Waals surface area contributed by atoms with E-state index in [9.17, 15) is 10.1 Å². The van der Waals surface area contributed by atoms with Crippen LogP contribution in [0.3, 0.4) is 0 Å². The summed E-state index contributed by atoms with van der Waals surface area (Å²) in [6, 6.07) is 1.65. The lowest BCUT2D eigenvalue weighted by Crippen LogP contribution is -2.47. The van der Waals surface area contributed by atoms with E-state index in [0.29, 0.717) is 11.4 Å². The first kappa shape index (κ1) is 12.7. The van der Waals surface area contributed by atoms with Crippen LogP contribution in [0.1, 0.15) is 5.56 Å². The molecule has 0 bridgehead atoms. The van der Waals surface area contributed by atoms with E-state index in [4.69, 9.17) is 0 Å². The monoisotopic (exact) mass is 251 g/mol. The van der Waals surface area contributed by atoms with Crippen LogP contribution in [0.4, 0.5) is 11.5 Å². The van der Waals surface area contributed by atoms with E-state index in [1.165, 1.54) is 0 Å². The van der Waals surface area contributed by atoms with Gasteiger partial charge in [-0.3, -0.25) is 15.5 Å². The molecule has 0 aromatic carbocycles. The summed E-state index contributed by atoms with van der Waals surface area (Å²) in [5, 5.41) is 13.0. The fourth-order valence-corrected chi connectivity index (χ4v) is 1.93. The molecule has 7 heteroatoms. The van der Waals surface area contributed by atoms with E-state index in [-0.39, 0.29) is 10.6 Å². The Morgan fingerprint density at radius 2 is 2.06 bits per heavy atom. The molecule has 98 valence electrons. The van der Waals surface area contributed by atoms with E-state index in [0.717, 1.165) is 26.2 Å². The Morgan fingerprint density at radius 3 is 2.67 bits per heavy atom. The van der Waals surface area contributed by atoms with Crippen molar-refractivity contribution in [2.45, 2.75) is 6.92 Å². The minimum atomic E-state index is -0.388. The molecule has 0 atom stereocenters. The highest BCUT2D eigenvalue weighted by molar-refractivity contribution is 5.59. The predicted molar refractivity (Wildman–Crippen MR) is 68.3 cm³/mol. The number of hydrogen-bond acceptors (Lipinski definition) is 6. The molecule has 1 N–H and O–H groups in total. The van der Waals surface area contributed by atoms with Gasteiger partial charge in [-0.1, -0.05) is 0 Å². The van der Waals surface area contributed by atoms with Crippen molar-refractivity contribution in [3.63, 3.8) is 0 Å². The van der Waals surface area contributed by atoms with Crippen molar-refractivity contribution in [2.24, 2.45) is 0 Å². The Bertz CT molecular complexity index is 443. The molecule has 7 nitrogen and oxygen atoms in total. The number of nitrogens with one attached hydrogen (secondary N) is 1. The molecule has 2 heterocycles. The average molecular weight is 251 g/mol. The molecular formula is C11H17N5O2. The summed E-state index contributed by atoms with van der Waals surface area (Å²) in [7, 11) is 2.06. The topological polar surface area (TPSA) is 74.5 Å². The molecule has 0 spiro atoms. The van der Waals surface area contributed by atoms with Gasteiger partial charge >= 0.3 is 5.69 Å². The van der Waals surface area contributed by atoms with Crippen molar-refractivity contribution in [1.82, 2.24) is 14.9 Å². The maximum absolute atomic E-state index is 11.0. The van der Waals surface area contributed by atoms with Gasteiger partial charge in [-0.25, -0.2) is 9.99 Å². The van der Waals surface area contributed by atoms with Gasteiger partial charge in [0, 0.05) is 37.9 Å². The highest BCUT2D eigenvalue weighted by Crippen LogP contribution is 2.25. The van der Waals surface area contributed by atoms with Gasteiger partial charge in [0.05, 0.1) is 4.92 Å². The number of nitro groups is 1. The second-order valence-electron chi connectivity index (χ2n) is 4.48. The van der Waals surface area contributed by atoms with Crippen LogP contribution < -0.4 is 5.43 Å². The third-order valence-electron chi connectivity index (χ3n) is 3.08. The van der Waals surface area contributed by atoms with Crippen molar-refractivity contribution >= 4 is 11.5 Å². The molecule has 1 aliphatic rings. The maximum atomic E-state index is 11.0. The summed E-state index contributed by atoms with van der Waals surface area (Å²) in [5.74, 6) is 0.324. The van der Waals surface area contributed by atoms with Crippen molar-refractivity contribution in [3.05, 3.63) is 27.9 Å². The van der Waals surface area contributed by atoms with Crippen LogP contribution in [-0.4, -0.2) is 53.0 Å². The third kappa shape index (κ3) is 2.74. The van der Waals surface area contributed by atoms with Crippen LogP contribution in [-0.2, 0) is 0 Å². The lowest BCUT2D eigenvalue weighted by atomic mass is 10.2. The van der Waals surface area contributed by atoms with Gasteiger partial charge in [0.15, 0.2) is 0 Å². The van der Waals surface area contributed by atoms with Gasteiger partial charge in [0.25, 0.3) is 0 Å². The molecule has 0 radical (unpaired) electrons. The largest absolute Gasteiger partial charge is 0.315 e. The van der Waals surface area contributed by atoms with Gasteiger partial charge in [0.1, 0.15) is 0 Å². The zero-order valence-electron chi connectivity index (χ0n) is 10.6. The number of piperazine rings is 1. The Labute approximate surface area is 106 Å². The minimum absolute atomic E-state index is 0.0522. The lowest BCUT2D eigenvalue weighted by molar-refractivity contribution is -0.384. The molecule has 18 heavy (non-hydrogen) atoms. The maximum Gasteiger partial charge on any atom is 0.315 e. The first-order chi connectivity index (χ1) is 8.58. The third-order valence-corrected chi connectivity index (χ3v) is 3.08. The molecule has 1 saturated heterocycles. The summed E-state index contributed by atoms with van der Waals surface area (Å²) in [5.41, 5.74) is 3.72. The SMILES string of the molecule is Cc1ccnc(NN2CCN(C)CC2)c1[N+](=O)[O-]. The summed E-state index contributed by atoms with van der Waals surface area (Å²) < 4.78 is 0. The van der Waals surface area contributed by atoms with E-state index in [2.05, 4.69) is 22.4 Å². The number of anilines is 1. The molecule has 1 aromatic rings. The van der Waals surface area contributed by atoms with Gasteiger partial charge < -0.3 is 4.90 Å². The Morgan fingerprint density at radius 1 is 1.39 bits per heavy atom. The second-order valence-corrected chi connectivity index (χ2v) is 4.48. The summed E-state index contributed by atoms with van der Waals surface area (Å²) >= 11 is 0. The standard InChI is InChI=1S/C11H17N5O2/c1-9-3-4-12-11(10(9)16(17)18)13-15-7-5-14(2)6-8-15/h3-4H,5-8H2,1-2H3,(H,12,13). The summed E-state index contributed by atoms with van der Waals surface area (Å²) in [6.45, 7) is 5.24. The first-order valence-corrected chi connectivity index (χ1v) is 5.88. The predicted octanol–water partition coefficient (Wildman–Crippen LogP) is 0.873. The molecule has 1 aliphatic heterocycles. The first-order valence-electron chi connectivity index (χ1n) is 5.88. The highest BCUT2D eigenvalue weighted by Gasteiger charge is 2.21. The number of rotatable bonds is 3. The smallest absolute Gasteiger partial charge is 0.304 e. The molecule has 0 amide bonds. The number of pyridine rings is 1. The fourth-order valence-electron chi connectivity index (χ4n) is 1.93. The fraction of sp³-hybridized carbons (Fsp3) is 0.545. The number of hydrazine groups is 1. The number of nitrogens with zero attached hydrogens (tertiary/aromatic N) is 4. The zero-order chi connectivity index (χ0) is 13.1. The number of hydrogen-bond donors (Lipinski definition) is 1. The molecule has 0 saturated carbocycles. The average Bonchev–Trinajstić information content (AvgIpc) is 2.32. The summed E-state index contributed by atoms with van der Waals surface area (Å²) in [6.07, 6.45) is 1.58. The van der Waals surface area contributed by atoms with Crippen LogP contribution in [0.5, 0.6) is 0 Å². The van der Waals surface area contributed by atoms with Gasteiger partial charge in [-0.2, -0.15) is 0 Å². The Balaban J connectivity index is 2.14. The van der Waals surface area contributed by atoms with Crippen LogP contribution in [0.15, 0.2) is 12.3 Å². The van der Waals surface area contributed by atoms with Crippen molar-refractivity contribution in [2.75, 3.05) is 38.7 Å². The summed E-state index contributed by atoms with van der Waals surface area (Å²) in [4.78, 5) is 16.9. The molecular weight excluding hydrogens is 234 g/mol. The molecule has 2 rings (SSSR count). The van der Waals surface area contributed by atoms with E-state index < -0.39 is 0 Å². The van der Waals surface area contributed by atoms with Crippen molar-refractivity contribution in [1.29, 1.82) is 0 Å². The minimum Gasteiger partial charge on any atom is -0.304 e. The van der Waals surface area contributed by atoms with Crippen LogP contribution in [0, 0.1) is 17.0 Å². The van der Waals surface area contributed by atoms with Crippen LogP contribution >= 0.6 is 0 Å². The quantitative estimate of drug-likeness (QED) is 0.634. The van der Waals surface area contributed by atoms with E-state index >= 15 is 0 Å². The normalized spacial score (nSPS) is 17.7. The molecule has 1 fully saturated rings.